The van der Waals surface area contributed by atoms with Crippen LogP contribution < -0.4 is 5.32 Å². The third kappa shape index (κ3) is 2.84. The van der Waals surface area contributed by atoms with Crippen LogP contribution in [-0.4, -0.2) is 38.4 Å². The van der Waals surface area contributed by atoms with Crippen LogP contribution in [0.4, 0.5) is 8.78 Å². The van der Waals surface area contributed by atoms with E-state index >= 15 is 0 Å². The van der Waals surface area contributed by atoms with Gasteiger partial charge < -0.3 is 5.32 Å². The molecule has 0 atom stereocenters. The van der Waals surface area contributed by atoms with Crippen molar-refractivity contribution in [3.05, 3.63) is 29.8 Å². The Balaban J connectivity index is 2.22. The van der Waals surface area contributed by atoms with Crippen molar-refractivity contribution in [3.63, 3.8) is 0 Å². The molecule has 1 saturated heterocycles. The first kappa shape index (κ1) is 15.3. The van der Waals surface area contributed by atoms with Gasteiger partial charge in [0.1, 0.15) is 0 Å². The standard InChI is InChI=1S/C13H18F2N2O2S/c1-13(16-2)5-7-17(8-6-13)20(18,19)10-3-4-11(14)12(15)9-10/h3-4,9,16H,5-8H2,1-2H3. The average molecular weight is 304 g/mol. The molecule has 112 valence electrons. The average Bonchev–Trinajstić information content (AvgIpc) is 2.42. The molecule has 1 aliphatic heterocycles. The summed E-state index contributed by atoms with van der Waals surface area (Å²) in [6.07, 6.45) is 1.35. The zero-order valence-corrected chi connectivity index (χ0v) is 12.3. The molecule has 0 bridgehead atoms. The van der Waals surface area contributed by atoms with E-state index in [2.05, 4.69) is 5.32 Å². The lowest BCUT2D eigenvalue weighted by atomic mass is 9.91. The predicted octanol–water partition coefficient (Wildman–Crippen LogP) is 1.73. The van der Waals surface area contributed by atoms with Crippen LogP contribution in [0.3, 0.4) is 0 Å². The fourth-order valence-electron chi connectivity index (χ4n) is 2.26. The van der Waals surface area contributed by atoms with Crippen molar-refractivity contribution in [2.24, 2.45) is 0 Å². The zero-order valence-electron chi connectivity index (χ0n) is 11.5. The van der Waals surface area contributed by atoms with Crippen molar-refractivity contribution in [1.82, 2.24) is 9.62 Å². The maximum Gasteiger partial charge on any atom is 0.243 e. The first-order valence-electron chi connectivity index (χ1n) is 6.43. The lowest BCUT2D eigenvalue weighted by Crippen LogP contribution is -2.51. The van der Waals surface area contributed by atoms with Crippen molar-refractivity contribution >= 4 is 10.0 Å². The molecule has 2 rings (SSSR count). The highest BCUT2D eigenvalue weighted by Gasteiger charge is 2.34. The molecule has 1 fully saturated rings. The van der Waals surface area contributed by atoms with Crippen molar-refractivity contribution in [1.29, 1.82) is 0 Å². The largest absolute Gasteiger partial charge is 0.314 e. The van der Waals surface area contributed by atoms with E-state index in [1.807, 2.05) is 14.0 Å². The molecular formula is C13H18F2N2O2S. The monoisotopic (exact) mass is 304 g/mol. The number of hydrogen-bond donors (Lipinski definition) is 1. The molecule has 1 aromatic carbocycles. The topological polar surface area (TPSA) is 49.4 Å². The Morgan fingerprint density at radius 1 is 1.20 bits per heavy atom. The van der Waals surface area contributed by atoms with E-state index < -0.39 is 21.7 Å². The molecule has 1 N–H and O–H groups in total. The van der Waals surface area contributed by atoms with E-state index in [1.54, 1.807) is 0 Å². The number of benzene rings is 1. The van der Waals surface area contributed by atoms with E-state index in [4.69, 9.17) is 0 Å². The molecule has 0 aliphatic carbocycles. The number of rotatable bonds is 3. The fraction of sp³-hybridized carbons (Fsp3) is 0.538. The third-order valence-electron chi connectivity index (χ3n) is 3.96. The van der Waals surface area contributed by atoms with Gasteiger partial charge in [-0.05, 0) is 45.0 Å². The lowest BCUT2D eigenvalue weighted by molar-refractivity contribution is 0.219. The van der Waals surface area contributed by atoms with Crippen LogP contribution in [0.25, 0.3) is 0 Å². The zero-order chi connectivity index (χ0) is 15.0. The predicted molar refractivity (Wildman–Crippen MR) is 71.8 cm³/mol. The summed E-state index contributed by atoms with van der Waals surface area (Å²) >= 11 is 0. The summed E-state index contributed by atoms with van der Waals surface area (Å²) in [7, 11) is -1.91. The fourth-order valence-corrected chi connectivity index (χ4v) is 3.71. The second-order valence-corrected chi connectivity index (χ2v) is 7.23. The van der Waals surface area contributed by atoms with E-state index in [9.17, 15) is 17.2 Å². The molecule has 20 heavy (non-hydrogen) atoms. The minimum atomic E-state index is -3.76. The Kier molecular flexibility index (Phi) is 4.13. The molecule has 1 heterocycles. The van der Waals surface area contributed by atoms with Crippen LogP contribution in [0, 0.1) is 11.6 Å². The van der Waals surface area contributed by atoms with E-state index in [0.717, 1.165) is 18.2 Å². The molecule has 0 radical (unpaired) electrons. The van der Waals surface area contributed by atoms with Crippen molar-refractivity contribution in [2.75, 3.05) is 20.1 Å². The molecular weight excluding hydrogens is 286 g/mol. The first-order valence-corrected chi connectivity index (χ1v) is 7.87. The number of halogens is 2. The van der Waals surface area contributed by atoms with Gasteiger partial charge in [0.2, 0.25) is 10.0 Å². The van der Waals surface area contributed by atoms with Crippen LogP contribution in [0.2, 0.25) is 0 Å². The maximum atomic E-state index is 13.2. The quantitative estimate of drug-likeness (QED) is 0.925. The van der Waals surface area contributed by atoms with Gasteiger partial charge in [0.15, 0.2) is 11.6 Å². The van der Waals surface area contributed by atoms with Gasteiger partial charge in [0.25, 0.3) is 0 Å². The molecule has 1 aromatic rings. The minimum absolute atomic E-state index is 0.0833. The normalized spacial score (nSPS) is 20.0. The van der Waals surface area contributed by atoms with E-state index in [1.165, 1.54) is 4.31 Å². The number of piperidine rings is 1. The molecule has 0 amide bonds. The first-order chi connectivity index (χ1) is 9.28. The minimum Gasteiger partial charge on any atom is -0.314 e. The SMILES string of the molecule is CNC1(C)CCN(S(=O)(=O)c2ccc(F)c(F)c2)CC1. The van der Waals surface area contributed by atoms with Gasteiger partial charge >= 0.3 is 0 Å². The smallest absolute Gasteiger partial charge is 0.243 e. The Labute approximate surface area is 117 Å². The van der Waals surface area contributed by atoms with Crippen LogP contribution in [0.1, 0.15) is 19.8 Å². The van der Waals surface area contributed by atoms with Gasteiger partial charge in [0, 0.05) is 18.6 Å². The van der Waals surface area contributed by atoms with Crippen LogP contribution in [0.5, 0.6) is 0 Å². The Bertz CT molecular complexity index is 596. The summed E-state index contributed by atoms with van der Waals surface area (Å²) in [6, 6.07) is 2.67. The van der Waals surface area contributed by atoms with Crippen molar-refractivity contribution in [3.8, 4) is 0 Å². The Morgan fingerprint density at radius 3 is 2.30 bits per heavy atom. The van der Waals surface area contributed by atoms with Crippen molar-refractivity contribution in [2.45, 2.75) is 30.2 Å². The summed E-state index contributed by atoms with van der Waals surface area (Å²) < 4.78 is 52.1. The van der Waals surface area contributed by atoms with Gasteiger partial charge in [-0.2, -0.15) is 4.31 Å². The third-order valence-corrected chi connectivity index (χ3v) is 5.85. The summed E-state index contributed by atoms with van der Waals surface area (Å²) in [4.78, 5) is -0.204. The summed E-state index contributed by atoms with van der Waals surface area (Å²) in [6.45, 7) is 2.76. The van der Waals surface area contributed by atoms with Gasteiger partial charge in [0.05, 0.1) is 4.90 Å². The highest BCUT2D eigenvalue weighted by atomic mass is 32.2. The number of nitrogens with one attached hydrogen (secondary N) is 1. The molecule has 0 saturated carbocycles. The van der Waals surface area contributed by atoms with Crippen LogP contribution >= 0.6 is 0 Å². The number of nitrogens with zero attached hydrogens (tertiary/aromatic N) is 1. The molecule has 7 heteroatoms. The van der Waals surface area contributed by atoms with Crippen LogP contribution in [-0.2, 0) is 10.0 Å². The van der Waals surface area contributed by atoms with Crippen molar-refractivity contribution < 1.29 is 17.2 Å². The summed E-state index contributed by atoms with van der Waals surface area (Å²) in [5, 5.41) is 3.18. The van der Waals surface area contributed by atoms with Gasteiger partial charge in [-0.25, -0.2) is 17.2 Å². The molecule has 1 aliphatic rings. The molecule has 0 unspecified atom stereocenters. The maximum absolute atomic E-state index is 13.2. The van der Waals surface area contributed by atoms with Gasteiger partial charge in [-0.3, -0.25) is 0 Å². The molecule has 0 aromatic heterocycles. The number of hydrogen-bond acceptors (Lipinski definition) is 3. The van der Waals surface area contributed by atoms with E-state index in [0.29, 0.717) is 25.9 Å². The molecule has 4 nitrogen and oxygen atoms in total. The summed E-state index contributed by atoms with van der Waals surface area (Å²) in [5.74, 6) is -2.20. The Morgan fingerprint density at radius 2 is 1.80 bits per heavy atom. The van der Waals surface area contributed by atoms with Gasteiger partial charge in [-0.1, -0.05) is 0 Å². The highest BCUT2D eigenvalue weighted by molar-refractivity contribution is 7.89. The lowest BCUT2D eigenvalue weighted by Gasteiger charge is -2.38. The second-order valence-electron chi connectivity index (χ2n) is 5.29. The summed E-state index contributed by atoms with van der Waals surface area (Å²) in [5.41, 5.74) is -0.0833. The van der Waals surface area contributed by atoms with Crippen LogP contribution in [0.15, 0.2) is 23.1 Å². The van der Waals surface area contributed by atoms with E-state index in [-0.39, 0.29) is 10.4 Å². The second kappa shape index (κ2) is 5.38. The molecule has 0 spiro atoms. The Hall–Kier alpha value is -1.05. The highest BCUT2D eigenvalue weighted by Crippen LogP contribution is 2.26. The number of sulfonamides is 1. The van der Waals surface area contributed by atoms with Gasteiger partial charge in [-0.15, -0.1) is 0 Å².